The van der Waals surface area contributed by atoms with Crippen molar-refractivity contribution in [3.05, 3.63) is 5.28 Å². The molecular formula is C13H20ClN5O2. The summed E-state index contributed by atoms with van der Waals surface area (Å²) < 4.78 is 5.33. The lowest BCUT2D eigenvalue weighted by molar-refractivity contribution is 0.122. The topological polar surface area (TPSA) is 83.4 Å². The summed E-state index contributed by atoms with van der Waals surface area (Å²) in [4.78, 5) is 14.9. The molecule has 21 heavy (non-hydrogen) atoms. The first-order chi connectivity index (χ1) is 10.3. The average molecular weight is 314 g/mol. The molecule has 0 bridgehead atoms. The molecule has 1 saturated heterocycles. The zero-order chi connectivity index (χ0) is 14.7. The second kappa shape index (κ2) is 6.72. The third-order valence-corrected chi connectivity index (χ3v) is 4.27. The molecule has 7 nitrogen and oxygen atoms in total. The third-order valence-electron chi connectivity index (χ3n) is 4.10. The van der Waals surface area contributed by atoms with Crippen molar-refractivity contribution in [2.75, 3.05) is 43.1 Å². The SMILES string of the molecule is OCC1CCCC1Nc1nc(Cl)nc(N2CCOCC2)n1. The van der Waals surface area contributed by atoms with Crippen molar-refractivity contribution < 1.29 is 9.84 Å². The van der Waals surface area contributed by atoms with Gasteiger partial charge in [-0.25, -0.2) is 0 Å². The van der Waals surface area contributed by atoms with Crippen LogP contribution in [0.5, 0.6) is 0 Å². The van der Waals surface area contributed by atoms with Crippen molar-refractivity contribution in [1.29, 1.82) is 0 Å². The maximum atomic E-state index is 9.39. The van der Waals surface area contributed by atoms with Crippen LogP contribution in [0.2, 0.25) is 5.28 Å². The highest BCUT2D eigenvalue weighted by molar-refractivity contribution is 6.28. The minimum absolute atomic E-state index is 0.187. The highest BCUT2D eigenvalue weighted by Crippen LogP contribution is 2.27. The van der Waals surface area contributed by atoms with Crippen LogP contribution in [0.4, 0.5) is 11.9 Å². The molecule has 8 heteroatoms. The Bertz CT molecular complexity index is 484. The first-order valence-corrected chi connectivity index (χ1v) is 7.75. The number of aromatic nitrogens is 3. The number of hydrogen-bond acceptors (Lipinski definition) is 7. The predicted octanol–water partition coefficient (Wildman–Crippen LogP) is 0.934. The Morgan fingerprint density at radius 2 is 2.05 bits per heavy atom. The number of aliphatic hydroxyl groups is 1. The molecule has 2 N–H and O–H groups in total. The predicted molar refractivity (Wildman–Crippen MR) is 79.7 cm³/mol. The molecule has 2 atom stereocenters. The van der Waals surface area contributed by atoms with E-state index in [2.05, 4.69) is 20.3 Å². The molecule has 2 aliphatic rings. The number of rotatable bonds is 4. The second-order valence-corrected chi connectivity index (χ2v) is 5.79. The van der Waals surface area contributed by atoms with Crippen LogP contribution in [0.15, 0.2) is 0 Å². The van der Waals surface area contributed by atoms with Crippen LogP contribution in [0.1, 0.15) is 19.3 Å². The quantitative estimate of drug-likeness (QED) is 0.855. The van der Waals surface area contributed by atoms with Gasteiger partial charge in [-0.15, -0.1) is 0 Å². The molecule has 0 aromatic carbocycles. The van der Waals surface area contributed by atoms with E-state index in [1.165, 1.54) is 0 Å². The van der Waals surface area contributed by atoms with Crippen LogP contribution in [-0.4, -0.2) is 59.0 Å². The van der Waals surface area contributed by atoms with E-state index in [0.717, 1.165) is 32.4 Å². The van der Waals surface area contributed by atoms with Crippen molar-refractivity contribution in [2.45, 2.75) is 25.3 Å². The largest absolute Gasteiger partial charge is 0.396 e. The van der Waals surface area contributed by atoms with Gasteiger partial charge in [-0.05, 0) is 24.4 Å². The van der Waals surface area contributed by atoms with Gasteiger partial charge >= 0.3 is 0 Å². The highest BCUT2D eigenvalue weighted by atomic mass is 35.5. The van der Waals surface area contributed by atoms with Gasteiger partial charge in [-0.1, -0.05) is 6.42 Å². The van der Waals surface area contributed by atoms with Crippen molar-refractivity contribution in [3.63, 3.8) is 0 Å². The van der Waals surface area contributed by atoms with E-state index in [4.69, 9.17) is 16.3 Å². The summed E-state index contributed by atoms with van der Waals surface area (Å²) in [7, 11) is 0. The number of hydrogen-bond donors (Lipinski definition) is 2. The molecule has 1 aliphatic carbocycles. The fourth-order valence-electron chi connectivity index (χ4n) is 2.92. The van der Waals surface area contributed by atoms with Crippen molar-refractivity contribution in [1.82, 2.24) is 15.0 Å². The van der Waals surface area contributed by atoms with Gasteiger partial charge in [0.15, 0.2) is 0 Å². The van der Waals surface area contributed by atoms with Gasteiger partial charge in [-0.3, -0.25) is 0 Å². The number of ether oxygens (including phenoxy) is 1. The average Bonchev–Trinajstić information content (AvgIpc) is 2.95. The minimum atomic E-state index is 0.187. The first-order valence-electron chi connectivity index (χ1n) is 7.38. The van der Waals surface area contributed by atoms with Gasteiger partial charge in [-0.2, -0.15) is 15.0 Å². The smallest absolute Gasteiger partial charge is 0.231 e. The molecule has 1 aromatic rings. The molecule has 0 amide bonds. The van der Waals surface area contributed by atoms with E-state index in [1.54, 1.807) is 0 Å². The molecular weight excluding hydrogens is 294 g/mol. The maximum absolute atomic E-state index is 9.39. The number of nitrogens with one attached hydrogen (secondary N) is 1. The Morgan fingerprint density at radius 3 is 2.81 bits per heavy atom. The molecule has 2 fully saturated rings. The molecule has 0 radical (unpaired) electrons. The number of aliphatic hydroxyl groups excluding tert-OH is 1. The standard InChI is InChI=1S/C13H20ClN5O2/c14-11-16-12(15-10-3-1-2-9(10)8-20)18-13(17-11)19-4-6-21-7-5-19/h9-10,20H,1-8H2,(H,15,16,17,18). The van der Waals surface area contributed by atoms with Crippen LogP contribution >= 0.6 is 11.6 Å². The maximum Gasteiger partial charge on any atom is 0.231 e. The van der Waals surface area contributed by atoms with Crippen molar-refractivity contribution in [3.8, 4) is 0 Å². The fraction of sp³-hybridized carbons (Fsp3) is 0.769. The highest BCUT2D eigenvalue weighted by Gasteiger charge is 2.27. The van der Waals surface area contributed by atoms with E-state index in [9.17, 15) is 5.11 Å². The summed E-state index contributed by atoms with van der Waals surface area (Å²) in [5.74, 6) is 1.33. The first kappa shape index (κ1) is 14.7. The zero-order valence-corrected chi connectivity index (χ0v) is 12.6. The van der Waals surface area contributed by atoms with Crippen LogP contribution in [0.3, 0.4) is 0 Å². The number of anilines is 2. The lowest BCUT2D eigenvalue weighted by Crippen LogP contribution is -2.37. The normalized spacial score (nSPS) is 26.1. The van der Waals surface area contributed by atoms with Crippen molar-refractivity contribution >= 4 is 23.5 Å². The van der Waals surface area contributed by atoms with Crippen LogP contribution < -0.4 is 10.2 Å². The molecule has 3 rings (SSSR count). The van der Waals surface area contributed by atoms with E-state index < -0.39 is 0 Å². The summed E-state index contributed by atoms with van der Waals surface area (Å²) in [5.41, 5.74) is 0. The lowest BCUT2D eigenvalue weighted by atomic mass is 10.1. The monoisotopic (exact) mass is 313 g/mol. The Labute approximate surface area is 128 Å². The lowest BCUT2D eigenvalue weighted by Gasteiger charge is -2.27. The Balaban J connectivity index is 1.74. The molecule has 1 aliphatic heterocycles. The Kier molecular flexibility index (Phi) is 4.72. The van der Waals surface area contributed by atoms with Gasteiger partial charge in [0.05, 0.1) is 13.2 Å². The fourth-order valence-corrected chi connectivity index (χ4v) is 3.08. The molecule has 1 saturated carbocycles. The number of morpholine rings is 1. The zero-order valence-electron chi connectivity index (χ0n) is 11.8. The van der Waals surface area contributed by atoms with E-state index >= 15 is 0 Å². The molecule has 2 unspecified atom stereocenters. The summed E-state index contributed by atoms with van der Waals surface area (Å²) in [5, 5.41) is 12.9. The summed E-state index contributed by atoms with van der Waals surface area (Å²) in [6, 6.07) is 0.200. The summed E-state index contributed by atoms with van der Waals surface area (Å²) in [6.07, 6.45) is 3.16. The molecule has 2 heterocycles. The summed E-state index contributed by atoms with van der Waals surface area (Å²) >= 11 is 6.02. The van der Waals surface area contributed by atoms with Gasteiger partial charge in [0, 0.05) is 31.7 Å². The summed E-state index contributed by atoms with van der Waals surface area (Å²) in [6.45, 7) is 3.03. The Morgan fingerprint density at radius 1 is 1.24 bits per heavy atom. The van der Waals surface area contributed by atoms with E-state index in [1.807, 2.05) is 4.90 Å². The number of halogens is 1. The van der Waals surface area contributed by atoms with Gasteiger partial charge < -0.3 is 20.1 Å². The van der Waals surface area contributed by atoms with Gasteiger partial charge in [0.2, 0.25) is 17.2 Å². The second-order valence-electron chi connectivity index (χ2n) is 5.45. The van der Waals surface area contributed by atoms with Crippen LogP contribution in [0, 0.1) is 5.92 Å². The van der Waals surface area contributed by atoms with Crippen LogP contribution in [0.25, 0.3) is 0 Å². The minimum Gasteiger partial charge on any atom is -0.396 e. The van der Waals surface area contributed by atoms with E-state index in [-0.39, 0.29) is 23.9 Å². The Hall–Kier alpha value is -1.18. The molecule has 116 valence electrons. The van der Waals surface area contributed by atoms with Crippen molar-refractivity contribution in [2.24, 2.45) is 5.92 Å². The van der Waals surface area contributed by atoms with Gasteiger partial charge in [0.25, 0.3) is 0 Å². The molecule has 1 aromatic heterocycles. The van der Waals surface area contributed by atoms with Gasteiger partial charge in [0.1, 0.15) is 0 Å². The molecule has 0 spiro atoms. The van der Waals surface area contributed by atoms with Crippen LogP contribution in [-0.2, 0) is 4.74 Å². The third kappa shape index (κ3) is 3.53. The van der Waals surface area contributed by atoms with E-state index in [0.29, 0.717) is 25.1 Å². The number of nitrogens with zero attached hydrogens (tertiary/aromatic N) is 4.